The maximum absolute atomic E-state index is 12.3. The van der Waals surface area contributed by atoms with E-state index in [-0.39, 0.29) is 24.0 Å². The molecule has 4 unspecified atom stereocenters. The fourth-order valence-electron chi connectivity index (χ4n) is 3.89. The number of guanidine groups is 1. The van der Waals surface area contributed by atoms with Gasteiger partial charge in [0.25, 0.3) is 0 Å². The number of benzene rings is 1. The Morgan fingerprint density at radius 2 is 2.10 bits per heavy atom. The number of nitrogens with zero attached hydrogens (tertiary/aromatic N) is 3. The second kappa shape index (κ2) is 4.07. The highest BCUT2D eigenvalue weighted by atomic mass is 16.1. The number of carbonyl (C=O) groups excluding carboxylic acids is 1. The Morgan fingerprint density at radius 3 is 2.85 bits per heavy atom. The molecule has 5 heteroatoms. The van der Waals surface area contributed by atoms with Crippen molar-refractivity contribution in [1.29, 1.82) is 5.26 Å². The van der Waals surface area contributed by atoms with Gasteiger partial charge in [0.1, 0.15) is 0 Å². The van der Waals surface area contributed by atoms with Crippen molar-refractivity contribution in [3.05, 3.63) is 35.9 Å². The molecule has 1 aliphatic carbocycles. The summed E-state index contributed by atoms with van der Waals surface area (Å²) in [7, 11) is 0. The lowest BCUT2D eigenvalue weighted by molar-refractivity contribution is -0.120. The van der Waals surface area contributed by atoms with Gasteiger partial charge in [0, 0.05) is 5.92 Å². The van der Waals surface area contributed by atoms with E-state index in [4.69, 9.17) is 5.26 Å². The minimum atomic E-state index is -0.0849. The standard InChI is InChI=1S/C15H14N4O/c16-8-17-15-18-12(9-4-2-1-3-5-9)13-10-6-7-11(14(10)20)19(13)15/h1-5,10-13H,6-7H2,(H,17,18). The Bertz CT molecular complexity index is 633. The van der Waals surface area contributed by atoms with E-state index >= 15 is 0 Å². The number of hydrogen-bond donors (Lipinski definition) is 1. The van der Waals surface area contributed by atoms with Crippen LogP contribution in [-0.2, 0) is 4.79 Å². The average molecular weight is 266 g/mol. The van der Waals surface area contributed by atoms with Gasteiger partial charge in [0.15, 0.2) is 12.0 Å². The van der Waals surface area contributed by atoms with Crippen molar-refractivity contribution in [3.8, 4) is 6.19 Å². The highest BCUT2D eigenvalue weighted by Gasteiger charge is 2.59. The largest absolute Gasteiger partial charge is 0.326 e. The number of piperidine rings is 1. The van der Waals surface area contributed by atoms with Gasteiger partial charge in [-0.15, -0.1) is 0 Å². The molecule has 1 saturated heterocycles. The van der Waals surface area contributed by atoms with Crippen LogP contribution in [0.2, 0.25) is 0 Å². The van der Waals surface area contributed by atoms with Gasteiger partial charge in [-0.3, -0.25) is 10.1 Å². The van der Waals surface area contributed by atoms with E-state index in [2.05, 4.69) is 10.3 Å². The highest BCUT2D eigenvalue weighted by molar-refractivity contribution is 5.99. The van der Waals surface area contributed by atoms with Crippen LogP contribution in [0.5, 0.6) is 0 Å². The van der Waals surface area contributed by atoms with Crippen LogP contribution in [0.4, 0.5) is 0 Å². The molecule has 5 nitrogen and oxygen atoms in total. The Labute approximate surface area is 116 Å². The van der Waals surface area contributed by atoms with E-state index < -0.39 is 0 Å². The van der Waals surface area contributed by atoms with Crippen molar-refractivity contribution in [3.63, 3.8) is 0 Å². The maximum Gasteiger partial charge on any atom is 0.209 e. The zero-order valence-electron chi connectivity index (χ0n) is 10.9. The molecule has 4 atom stereocenters. The van der Waals surface area contributed by atoms with Crippen LogP contribution in [0.25, 0.3) is 0 Å². The van der Waals surface area contributed by atoms with Crippen LogP contribution in [0.3, 0.4) is 0 Å². The molecular formula is C15H14N4O. The van der Waals surface area contributed by atoms with Gasteiger partial charge in [0.05, 0.1) is 18.1 Å². The van der Waals surface area contributed by atoms with E-state index in [1.807, 2.05) is 41.4 Å². The summed E-state index contributed by atoms with van der Waals surface area (Å²) < 4.78 is 0. The lowest BCUT2D eigenvalue weighted by Crippen LogP contribution is -2.46. The third-order valence-corrected chi connectivity index (χ3v) is 4.65. The predicted molar refractivity (Wildman–Crippen MR) is 72.5 cm³/mol. The summed E-state index contributed by atoms with van der Waals surface area (Å²) in [6.07, 6.45) is 3.77. The van der Waals surface area contributed by atoms with E-state index in [1.165, 1.54) is 0 Å². The van der Waals surface area contributed by atoms with E-state index in [1.54, 1.807) is 0 Å². The molecule has 0 radical (unpaired) electrons. The van der Waals surface area contributed by atoms with Crippen molar-refractivity contribution in [1.82, 2.24) is 10.2 Å². The molecular weight excluding hydrogens is 252 g/mol. The molecule has 1 saturated carbocycles. The number of aliphatic imine (C=N–C) groups is 1. The van der Waals surface area contributed by atoms with Crippen LogP contribution in [0.15, 0.2) is 35.3 Å². The van der Waals surface area contributed by atoms with Crippen LogP contribution in [-0.4, -0.2) is 28.7 Å². The van der Waals surface area contributed by atoms with Crippen molar-refractivity contribution < 1.29 is 4.79 Å². The third-order valence-electron chi connectivity index (χ3n) is 4.65. The Kier molecular flexibility index (Phi) is 2.34. The molecule has 0 amide bonds. The Hall–Kier alpha value is -2.35. The second-order valence-electron chi connectivity index (χ2n) is 5.54. The smallest absolute Gasteiger partial charge is 0.209 e. The lowest BCUT2D eigenvalue weighted by Gasteiger charge is -2.31. The number of nitriles is 1. The molecule has 1 N–H and O–H groups in total. The summed E-state index contributed by atoms with van der Waals surface area (Å²) in [5.74, 6) is 0.946. The van der Waals surface area contributed by atoms with E-state index in [0.29, 0.717) is 11.7 Å². The second-order valence-corrected chi connectivity index (χ2v) is 5.54. The van der Waals surface area contributed by atoms with Crippen molar-refractivity contribution >= 4 is 11.7 Å². The SMILES string of the molecule is N#CNC1=NC(c2ccccc2)C2C3CCC(C3=O)N12. The molecule has 0 spiro atoms. The molecule has 20 heavy (non-hydrogen) atoms. The number of ketones is 1. The summed E-state index contributed by atoms with van der Waals surface area (Å²) in [5, 5.41) is 11.5. The minimum absolute atomic E-state index is 0.0497. The van der Waals surface area contributed by atoms with Gasteiger partial charge < -0.3 is 4.90 Å². The zero-order chi connectivity index (χ0) is 13.7. The Morgan fingerprint density at radius 1 is 1.30 bits per heavy atom. The number of hydrogen-bond acceptors (Lipinski definition) is 5. The van der Waals surface area contributed by atoms with Crippen molar-refractivity contribution in [2.24, 2.45) is 10.9 Å². The van der Waals surface area contributed by atoms with Gasteiger partial charge in [-0.05, 0) is 18.4 Å². The van der Waals surface area contributed by atoms with Gasteiger partial charge >= 0.3 is 0 Å². The fourth-order valence-corrected chi connectivity index (χ4v) is 3.89. The quantitative estimate of drug-likeness (QED) is 0.612. The molecule has 0 aromatic heterocycles. The van der Waals surface area contributed by atoms with Crippen LogP contribution in [0, 0.1) is 17.4 Å². The average Bonchev–Trinajstić information content (AvgIpc) is 3.11. The van der Waals surface area contributed by atoms with Crippen LogP contribution in [0.1, 0.15) is 24.4 Å². The normalized spacial score (nSPS) is 33.9. The summed E-state index contributed by atoms with van der Waals surface area (Å²) in [6, 6.07) is 9.97. The van der Waals surface area contributed by atoms with Crippen LogP contribution < -0.4 is 5.32 Å². The summed E-state index contributed by atoms with van der Waals surface area (Å²) in [5.41, 5.74) is 1.11. The van der Waals surface area contributed by atoms with Crippen molar-refractivity contribution in [2.45, 2.75) is 31.0 Å². The number of Topliss-reactive ketones (excluding diaryl/α,β-unsaturated/α-hetero) is 1. The van der Waals surface area contributed by atoms with Crippen molar-refractivity contribution in [2.75, 3.05) is 0 Å². The third kappa shape index (κ3) is 1.36. The lowest BCUT2D eigenvalue weighted by atomic mass is 9.89. The zero-order valence-corrected chi connectivity index (χ0v) is 10.9. The number of nitrogens with one attached hydrogen (secondary N) is 1. The fraction of sp³-hybridized carbons (Fsp3) is 0.400. The Balaban J connectivity index is 1.77. The first-order chi connectivity index (χ1) is 9.81. The highest BCUT2D eigenvalue weighted by Crippen LogP contribution is 2.48. The maximum atomic E-state index is 12.3. The minimum Gasteiger partial charge on any atom is -0.326 e. The number of rotatable bonds is 1. The van der Waals surface area contributed by atoms with Gasteiger partial charge in [-0.25, -0.2) is 4.99 Å². The number of fused-ring (bicyclic) bond motifs is 5. The summed E-state index contributed by atoms with van der Waals surface area (Å²) >= 11 is 0. The molecule has 1 aromatic carbocycles. The van der Waals surface area contributed by atoms with E-state index in [9.17, 15) is 4.79 Å². The molecule has 2 bridgehead atoms. The first kappa shape index (κ1) is 11.5. The molecule has 4 rings (SSSR count). The monoisotopic (exact) mass is 266 g/mol. The molecule has 100 valence electrons. The topological polar surface area (TPSA) is 68.5 Å². The molecule has 2 fully saturated rings. The summed E-state index contributed by atoms with van der Waals surface area (Å²) in [4.78, 5) is 19.0. The summed E-state index contributed by atoms with van der Waals surface area (Å²) in [6.45, 7) is 0. The molecule has 2 aliphatic heterocycles. The first-order valence-electron chi connectivity index (χ1n) is 6.91. The molecule has 1 aromatic rings. The molecule has 3 aliphatic rings. The van der Waals surface area contributed by atoms with Crippen LogP contribution >= 0.6 is 0 Å². The molecule has 2 heterocycles. The van der Waals surface area contributed by atoms with Gasteiger partial charge in [-0.2, -0.15) is 5.26 Å². The van der Waals surface area contributed by atoms with Gasteiger partial charge in [0.2, 0.25) is 5.96 Å². The van der Waals surface area contributed by atoms with E-state index in [0.717, 1.165) is 18.4 Å². The predicted octanol–water partition coefficient (Wildman–Crippen LogP) is 1.20. The first-order valence-corrected chi connectivity index (χ1v) is 6.91. The van der Waals surface area contributed by atoms with Gasteiger partial charge in [-0.1, -0.05) is 30.3 Å². The number of carbonyl (C=O) groups is 1.